The number of nitrogens with zero attached hydrogens (tertiary/aromatic N) is 3. The zero-order valence-electron chi connectivity index (χ0n) is 14.5. The highest BCUT2D eigenvalue weighted by molar-refractivity contribution is 5.77. The summed E-state index contributed by atoms with van der Waals surface area (Å²) in [6, 6.07) is 14.5. The number of halogens is 2. The fraction of sp³-hybridized carbons (Fsp3) is 0.0500. The molecular weight excluding hydrogens is 366 g/mol. The van der Waals surface area contributed by atoms with Crippen LogP contribution in [0.15, 0.2) is 70.3 Å². The molecule has 2 aromatic heterocycles. The van der Waals surface area contributed by atoms with Gasteiger partial charge in [0.1, 0.15) is 17.5 Å². The Balaban J connectivity index is 2.08. The lowest BCUT2D eigenvalue weighted by molar-refractivity contribution is 0.580. The molecule has 6 nitrogen and oxygen atoms in total. The quantitative estimate of drug-likeness (QED) is 0.592. The first-order valence-corrected chi connectivity index (χ1v) is 8.36. The van der Waals surface area contributed by atoms with Gasteiger partial charge >= 0.3 is 5.69 Å². The lowest BCUT2D eigenvalue weighted by Gasteiger charge is -2.14. The van der Waals surface area contributed by atoms with Crippen LogP contribution < -0.4 is 17.0 Å². The van der Waals surface area contributed by atoms with Crippen LogP contribution in [0, 0.1) is 11.6 Å². The average Bonchev–Trinajstić information content (AvgIpc) is 2.65. The van der Waals surface area contributed by atoms with Crippen molar-refractivity contribution in [3.63, 3.8) is 0 Å². The summed E-state index contributed by atoms with van der Waals surface area (Å²) in [5.74, 6) is -1.66. The van der Waals surface area contributed by atoms with Gasteiger partial charge in [-0.3, -0.25) is 9.36 Å². The van der Waals surface area contributed by atoms with Crippen LogP contribution >= 0.6 is 0 Å². The molecule has 0 saturated heterocycles. The molecule has 0 bridgehead atoms. The molecule has 0 aliphatic rings. The Kier molecular flexibility index (Phi) is 4.23. The molecule has 2 aromatic carbocycles. The van der Waals surface area contributed by atoms with E-state index in [0.29, 0.717) is 6.07 Å². The van der Waals surface area contributed by atoms with Gasteiger partial charge in [-0.25, -0.2) is 23.1 Å². The summed E-state index contributed by atoms with van der Waals surface area (Å²) in [4.78, 5) is 30.1. The van der Waals surface area contributed by atoms with Crippen LogP contribution in [0.1, 0.15) is 5.56 Å². The maximum Gasteiger partial charge on any atom is 0.337 e. The van der Waals surface area contributed by atoms with E-state index in [-0.39, 0.29) is 29.1 Å². The molecule has 0 fully saturated rings. The summed E-state index contributed by atoms with van der Waals surface area (Å²) in [5.41, 5.74) is 4.94. The lowest BCUT2D eigenvalue weighted by Crippen LogP contribution is -2.40. The van der Waals surface area contributed by atoms with E-state index in [1.54, 1.807) is 24.3 Å². The van der Waals surface area contributed by atoms with Gasteiger partial charge in [0.2, 0.25) is 0 Å². The highest BCUT2D eigenvalue weighted by atomic mass is 19.1. The van der Waals surface area contributed by atoms with E-state index in [1.807, 2.05) is 6.07 Å². The van der Waals surface area contributed by atoms with E-state index in [1.165, 1.54) is 12.1 Å². The van der Waals surface area contributed by atoms with Crippen LogP contribution in [-0.4, -0.2) is 14.1 Å². The van der Waals surface area contributed by atoms with Gasteiger partial charge in [-0.1, -0.05) is 30.3 Å². The normalized spacial score (nSPS) is 11.1. The Morgan fingerprint density at radius 3 is 2.29 bits per heavy atom. The van der Waals surface area contributed by atoms with Gasteiger partial charge in [0.15, 0.2) is 5.65 Å². The number of benzene rings is 2. The lowest BCUT2D eigenvalue weighted by atomic mass is 10.2. The first kappa shape index (κ1) is 17.6. The summed E-state index contributed by atoms with van der Waals surface area (Å²) in [7, 11) is 0. The molecule has 4 aromatic rings. The molecule has 4 rings (SSSR count). The van der Waals surface area contributed by atoms with E-state index in [0.717, 1.165) is 26.8 Å². The zero-order valence-corrected chi connectivity index (χ0v) is 14.5. The van der Waals surface area contributed by atoms with Crippen molar-refractivity contribution in [1.29, 1.82) is 0 Å². The Morgan fingerprint density at radius 2 is 1.61 bits per heavy atom. The van der Waals surface area contributed by atoms with Crippen molar-refractivity contribution in [2.45, 2.75) is 6.54 Å². The number of hydrogen-bond acceptors (Lipinski definition) is 4. The van der Waals surface area contributed by atoms with Crippen LogP contribution in [0.25, 0.3) is 16.7 Å². The summed E-state index contributed by atoms with van der Waals surface area (Å²) >= 11 is 0. The van der Waals surface area contributed by atoms with Gasteiger partial charge in [-0.15, -0.1) is 0 Å². The van der Waals surface area contributed by atoms with E-state index < -0.39 is 22.9 Å². The molecule has 0 spiro atoms. The highest BCUT2D eigenvalue weighted by Crippen LogP contribution is 2.16. The summed E-state index contributed by atoms with van der Waals surface area (Å²) < 4.78 is 29.6. The van der Waals surface area contributed by atoms with Crippen molar-refractivity contribution in [3.8, 4) is 5.69 Å². The second-order valence-corrected chi connectivity index (χ2v) is 6.23. The third-order valence-electron chi connectivity index (χ3n) is 4.30. The number of pyridine rings is 1. The third-order valence-corrected chi connectivity index (χ3v) is 4.30. The van der Waals surface area contributed by atoms with Crippen molar-refractivity contribution in [2.75, 3.05) is 5.73 Å². The minimum Gasteiger partial charge on any atom is -0.384 e. The number of fused-ring (bicyclic) bond motifs is 1. The fourth-order valence-corrected chi connectivity index (χ4v) is 3.05. The first-order valence-electron chi connectivity index (χ1n) is 8.36. The molecule has 0 radical (unpaired) electrons. The molecule has 0 saturated carbocycles. The van der Waals surface area contributed by atoms with Crippen LogP contribution in [0.3, 0.4) is 0 Å². The number of rotatable bonds is 3. The van der Waals surface area contributed by atoms with Crippen molar-refractivity contribution < 1.29 is 8.78 Å². The van der Waals surface area contributed by atoms with Gasteiger partial charge in [-0.05, 0) is 29.8 Å². The minimum absolute atomic E-state index is 0.00335. The van der Waals surface area contributed by atoms with Crippen LogP contribution in [0.2, 0.25) is 0 Å². The van der Waals surface area contributed by atoms with Crippen molar-refractivity contribution in [2.24, 2.45) is 0 Å². The molecule has 0 unspecified atom stereocenters. The monoisotopic (exact) mass is 380 g/mol. The molecular formula is C20H14F2N4O2. The van der Waals surface area contributed by atoms with Crippen LogP contribution in [0.5, 0.6) is 0 Å². The predicted octanol–water partition coefficient (Wildman–Crippen LogP) is 2.46. The van der Waals surface area contributed by atoms with Gasteiger partial charge in [0.25, 0.3) is 5.56 Å². The molecule has 0 amide bonds. The Bertz CT molecular complexity index is 1290. The Labute approximate surface area is 157 Å². The second kappa shape index (κ2) is 6.73. The standard InChI is InChI=1S/C20H14F2N4O2/c21-13-8-14(22)10-15(9-13)26-18-16(6-7-17(23)24-18)19(27)25(20(26)28)11-12-4-2-1-3-5-12/h1-10H,11H2,(H2,23,24). The number of anilines is 1. The minimum atomic E-state index is -0.861. The van der Waals surface area contributed by atoms with Gasteiger partial charge in [0, 0.05) is 6.07 Å². The summed E-state index contributed by atoms with van der Waals surface area (Å²) in [6.07, 6.45) is 0. The van der Waals surface area contributed by atoms with Gasteiger partial charge < -0.3 is 5.73 Å². The SMILES string of the molecule is Nc1ccc2c(=O)n(Cc3ccccc3)c(=O)n(-c3cc(F)cc(F)c3)c2n1. The molecule has 28 heavy (non-hydrogen) atoms. The van der Waals surface area contributed by atoms with Crippen LogP contribution in [0.4, 0.5) is 14.6 Å². The van der Waals surface area contributed by atoms with Crippen LogP contribution in [-0.2, 0) is 6.54 Å². The average molecular weight is 380 g/mol. The maximum atomic E-state index is 13.8. The second-order valence-electron chi connectivity index (χ2n) is 6.23. The van der Waals surface area contributed by atoms with Gasteiger partial charge in [0.05, 0.1) is 17.6 Å². The maximum absolute atomic E-state index is 13.8. The van der Waals surface area contributed by atoms with Crippen molar-refractivity contribution in [1.82, 2.24) is 14.1 Å². The predicted molar refractivity (Wildman–Crippen MR) is 101 cm³/mol. The van der Waals surface area contributed by atoms with E-state index >= 15 is 0 Å². The van der Waals surface area contributed by atoms with E-state index in [2.05, 4.69) is 4.98 Å². The zero-order chi connectivity index (χ0) is 19.8. The number of nitrogens with two attached hydrogens (primary N) is 1. The highest BCUT2D eigenvalue weighted by Gasteiger charge is 2.17. The molecule has 0 atom stereocenters. The third kappa shape index (κ3) is 3.05. The van der Waals surface area contributed by atoms with E-state index in [9.17, 15) is 18.4 Å². The van der Waals surface area contributed by atoms with E-state index in [4.69, 9.17) is 5.73 Å². The topological polar surface area (TPSA) is 82.9 Å². The molecule has 2 N–H and O–H groups in total. The first-order chi connectivity index (χ1) is 13.4. The molecule has 0 aliphatic carbocycles. The number of nitrogen functional groups attached to an aromatic ring is 1. The molecule has 0 aliphatic heterocycles. The molecule has 2 heterocycles. The number of aromatic nitrogens is 3. The Morgan fingerprint density at radius 1 is 0.929 bits per heavy atom. The summed E-state index contributed by atoms with van der Waals surface area (Å²) in [5, 5.41) is 0.106. The van der Waals surface area contributed by atoms with Crippen molar-refractivity contribution >= 4 is 16.9 Å². The largest absolute Gasteiger partial charge is 0.384 e. The van der Waals surface area contributed by atoms with Crippen molar-refractivity contribution in [3.05, 3.63) is 98.7 Å². The fourth-order valence-electron chi connectivity index (χ4n) is 3.05. The number of hydrogen-bond donors (Lipinski definition) is 1. The molecule has 8 heteroatoms. The molecule has 140 valence electrons. The summed E-state index contributed by atoms with van der Waals surface area (Å²) in [6.45, 7) is -0.00335. The van der Waals surface area contributed by atoms with Gasteiger partial charge in [-0.2, -0.15) is 0 Å². The Hall–Kier alpha value is -3.81. The smallest absolute Gasteiger partial charge is 0.337 e.